The van der Waals surface area contributed by atoms with Crippen molar-refractivity contribution in [3.05, 3.63) is 53.1 Å². The largest absolute Gasteiger partial charge is 0.298 e. The van der Waals surface area contributed by atoms with Gasteiger partial charge in [-0.1, -0.05) is 30.4 Å². The van der Waals surface area contributed by atoms with E-state index in [4.69, 9.17) is 0 Å². The fraction of sp³-hybridized carbons (Fsp3) is 0.0714. The van der Waals surface area contributed by atoms with Crippen LogP contribution < -0.4 is 0 Å². The van der Waals surface area contributed by atoms with Crippen LogP contribution in [0.3, 0.4) is 0 Å². The predicted octanol–water partition coefficient (Wildman–Crippen LogP) is 3.22. The minimum absolute atomic E-state index is 0.744. The van der Waals surface area contributed by atoms with Crippen LogP contribution in [-0.2, 0) is 6.42 Å². The zero-order chi connectivity index (χ0) is 10.3. The highest BCUT2D eigenvalue weighted by atomic mass is 16.1. The van der Waals surface area contributed by atoms with Crippen LogP contribution in [0, 0.1) is 0 Å². The molecule has 1 heteroatoms. The lowest BCUT2D eigenvalue weighted by Gasteiger charge is -2.03. The summed E-state index contributed by atoms with van der Waals surface area (Å²) < 4.78 is 0. The quantitative estimate of drug-likeness (QED) is 0.637. The average Bonchev–Trinajstić information content (AvgIpc) is 2.72. The number of rotatable bonds is 1. The van der Waals surface area contributed by atoms with Gasteiger partial charge in [0, 0.05) is 5.56 Å². The average molecular weight is 194 g/mol. The molecule has 0 spiro atoms. The monoisotopic (exact) mass is 194 g/mol. The van der Waals surface area contributed by atoms with E-state index in [-0.39, 0.29) is 0 Å². The summed E-state index contributed by atoms with van der Waals surface area (Å²) in [5, 5.41) is 2.35. The van der Waals surface area contributed by atoms with Gasteiger partial charge in [-0.05, 0) is 40.5 Å². The zero-order valence-electron chi connectivity index (χ0n) is 8.23. The molecule has 0 saturated carbocycles. The molecule has 0 amide bonds. The highest BCUT2D eigenvalue weighted by Gasteiger charge is 2.06. The van der Waals surface area contributed by atoms with E-state index in [1.165, 1.54) is 16.5 Å². The van der Waals surface area contributed by atoms with Crippen molar-refractivity contribution in [3.63, 3.8) is 0 Å². The third-order valence-corrected chi connectivity index (χ3v) is 2.89. The highest BCUT2D eigenvalue weighted by molar-refractivity contribution is 5.91. The Morgan fingerprint density at radius 2 is 2.00 bits per heavy atom. The standard InChI is InChI=1S/C14H10O/c15-9-10-4-5-13-7-11-2-1-3-12(11)8-14(13)6-10/h1-2,4-9H,3H2. The molecule has 0 N–H and O–H groups in total. The molecular formula is C14H10O. The highest BCUT2D eigenvalue weighted by Crippen LogP contribution is 2.26. The van der Waals surface area contributed by atoms with Crippen LogP contribution in [0.5, 0.6) is 0 Å². The predicted molar refractivity (Wildman–Crippen MR) is 62.1 cm³/mol. The number of allylic oxidation sites excluding steroid dienone is 1. The van der Waals surface area contributed by atoms with Crippen molar-refractivity contribution in [2.75, 3.05) is 0 Å². The Balaban J connectivity index is 2.31. The number of carbonyl (C=O) groups is 1. The van der Waals surface area contributed by atoms with E-state index in [0.717, 1.165) is 23.7 Å². The summed E-state index contributed by atoms with van der Waals surface area (Å²) >= 11 is 0. The Morgan fingerprint density at radius 1 is 1.07 bits per heavy atom. The number of carbonyl (C=O) groups excluding carboxylic acids is 1. The zero-order valence-corrected chi connectivity index (χ0v) is 8.23. The van der Waals surface area contributed by atoms with Gasteiger partial charge < -0.3 is 0 Å². The number of benzene rings is 2. The lowest BCUT2D eigenvalue weighted by molar-refractivity contribution is 0.112. The number of aldehydes is 1. The van der Waals surface area contributed by atoms with Crippen molar-refractivity contribution in [2.24, 2.45) is 0 Å². The van der Waals surface area contributed by atoms with Gasteiger partial charge in [0.25, 0.3) is 0 Å². The van der Waals surface area contributed by atoms with Crippen LogP contribution in [0.2, 0.25) is 0 Å². The summed E-state index contributed by atoms with van der Waals surface area (Å²) in [5.74, 6) is 0. The number of hydrogen-bond acceptors (Lipinski definition) is 1. The Labute approximate surface area is 88.0 Å². The van der Waals surface area contributed by atoms with Gasteiger partial charge in [0.1, 0.15) is 6.29 Å². The maximum atomic E-state index is 10.7. The molecule has 15 heavy (non-hydrogen) atoms. The maximum absolute atomic E-state index is 10.7. The van der Waals surface area contributed by atoms with E-state index in [9.17, 15) is 4.79 Å². The topological polar surface area (TPSA) is 17.1 Å². The molecule has 0 atom stereocenters. The smallest absolute Gasteiger partial charge is 0.150 e. The van der Waals surface area contributed by atoms with Crippen LogP contribution in [0.15, 0.2) is 36.4 Å². The molecule has 0 aromatic heterocycles. The number of fused-ring (bicyclic) bond motifs is 2. The Hall–Kier alpha value is -1.89. The van der Waals surface area contributed by atoms with E-state index < -0.39 is 0 Å². The first-order valence-corrected chi connectivity index (χ1v) is 5.05. The molecule has 0 heterocycles. The third kappa shape index (κ3) is 1.28. The molecule has 3 rings (SSSR count). The lowest BCUT2D eigenvalue weighted by atomic mass is 10.0. The van der Waals surface area contributed by atoms with Gasteiger partial charge in [-0.3, -0.25) is 4.79 Å². The Morgan fingerprint density at radius 3 is 2.87 bits per heavy atom. The molecule has 0 saturated heterocycles. The minimum atomic E-state index is 0.744. The summed E-state index contributed by atoms with van der Waals surface area (Å²) in [6.45, 7) is 0. The van der Waals surface area contributed by atoms with Crippen molar-refractivity contribution >= 4 is 23.1 Å². The minimum Gasteiger partial charge on any atom is -0.298 e. The normalized spacial score (nSPS) is 13.1. The van der Waals surface area contributed by atoms with Crippen molar-refractivity contribution < 1.29 is 4.79 Å². The van der Waals surface area contributed by atoms with Gasteiger partial charge in [0.15, 0.2) is 0 Å². The fourth-order valence-corrected chi connectivity index (χ4v) is 2.10. The fourth-order valence-electron chi connectivity index (χ4n) is 2.10. The van der Waals surface area contributed by atoms with Crippen molar-refractivity contribution in [1.29, 1.82) is 0 Å². The SMILES string of the molecule is O=Cc1ccc2cc3c(cc2c1)CC=C3. The first-order chi connectivity index (χ1) is 7.36. The second kappa shape index (κ2) is 3.06. The molecule has 0 aliphatic heterocycles. The molecule has 0 radical (unpaired) electrons. The van der Waals surface area contributed by atoms with E-state index >= 15 is 0 Å². The van der Waals surface area contributed by atoms with Crippen LogP contribution >= 0.6 is 0 Å². The molecule has 0 bridgehead atoms. The van der Waals surface area contributed by atoms with Gasteiger partial charge in [0.2, 0.25) is 0 Å². The second-order valence-corrected chi connectivity index (χ2v) is 3.88. The summed E-state index contributed by atoms with van der Waals surface area (Å²) in [5.41, 5.74) is 3.40. The Kier molecular flexibility index (Phi) is 1.72. The first kappa shape index (κ1) is 8.42. The van der Waals surface area contributed by atoms with E-state index in [2.05, 4.69) is 24.3 Å². The van der Waals surface area contributed by atoms with Gasteiger partial charge >= 0.3 is 0 Å². The summed E-state index contributed by atoms with van der Waals surface area (Å²) in [4.78, 5) is 10.7. The van der Waals surface area contributed by atoms with Crippen LogP contribution in [-0.4, -0.2) is 6.29 Å². The van der Waals surface area contributed by atoms with Crippen molar-refractivity contribution in [3.8, 4) is 0 Å². The molecule has 0 fully saturated rings. The van der Waals surface area contributed by atoms with E-state index in [1.54, 1.807) is 0 Å². The molecule has 72 valence electrons. The second-order valence-electron chi connectivity index (χ2n) is 3.88. The Bertz CT molecular complexity index is 579. The summed E-state index contributed by atoms with van der Waals surface area (Å²) in [6, 6.07) is 10.2. The molecule has 1 nitrogen and oxygen atoms in total. The van der Waals surface area contributed by atoms with Crippen LogP contribution in [0.1, 0.15) is 21.5 Å². The van der Waals surface area contributed by atoms with Gasteiger partial charge in [-0.15, -0.1) is 0 Å². The summed E-state index contributed by atoms with van der Waals surface area (Å²) in [7, 11) is 0. The van der Waals surface area contributed by atoms with Crippen molar-refractivity contribution in [1.82, 2.24) is 0 Å². The van der Waals surface area contributed by atoms with Gasteiger partial charge in [-0.2, -0.15) is 0 Å². The molecule has 1 aliphatic carbocycles. The molecule has 0 unspecified atom stereocenters. The van der Waals surface area contributed by atoms with Gasteiger partial charge in [-0.25, -0.2) is 0 Å². The van der Waals surface area contributed by atoms with Crippen LogP contribution in [0.4, 0.5) is 0 Å². The lowest BCUT2D eigenvalue weighted by Crippen LogP contribution is -1.85. The molecule has 2 aromatic rings. The van der Waals surface area contributed by atoms with Crippen molar-refractivity contribution in [2.45, 2.75) is 6.42 Å². The maximum Gasteiger partial charge on any atom is 0.150 e. The van der Waals surface area contributed by atoms with E-state index in [1.807, 2.05) is 18.2 Å². The van der Waals surface area contributed by atoms with E-state index in [0.29, 0.717) is 0 Å². The summed E-state index contributed by atoms with van der Waals surface area (Å²) in [6.07, 6.45) is 6.23. The van der Waals surface area contributed by atoms with Crippen LogP contribution in [0.25, 0.3) is 16.8 Å². The molecule has 1 aliphatic rings. The molecular weight excluding hydrogens is 184 g/mol. The van der Waals surface area contributed by atoms with Gasteiger partial charge in [0.05, 0.1) is 0 Å². The first-order valence-electron chi connectivity index (χ1n) is 5.05. The molecule has 2 aromatic carbocycles. The third-order valence-electron chi connectivity index (χ3n) is 2.89. The number of hydrogen-bond donors (Lipinski definition) is 0.